The Kier molecular flexibility index (Phi) is 3.84. The van der Waals surface area contributed by atoms with Crippen molar-refractivity contribution in [1.29, 1.82) is 0 Å². The molecule has 1 aliphatic rings. The van der Waals surface area contributed by atoms with Crippen LogP contribution in [0.1, 0.15) is 30.3 Å². The molecule has 19 heavy (non-hydrogen) atoms. The zero-order chi connectivity index (χ0) is 13.1. The van der Waals surface area contributed by atoms with Crippen molar-refractivity contribution in [3.05, 3.63) is 18.3 Å². The second-order valence-electron chi connectivity index (χ2n) is 4.60. The van der Waals surface area contributed by atoms with Crippen molar-refractivity contribution in [3.8, 4) is 11.6 Å². The van der Waals surface area contributed by atoms with E-state index in [4.69, 9.17) is 10.3 Å². The van der Waals surface area contributed by atoms with E-state index in [1.165, 1.54) is 18.6 Å². The van der Waals surface area contributed by atoms with Crippen LogP contribution >= 0.6 is 11.8 Å². The predicted octanol–water partition coefficient (Wildman–Crippen LogP) is 1.85. The third-order valence-electron chi connectivity index (χ3n) is 3.15. The van der Waals surface area contributed by atoms with Gasteiger partial charge in [0, 0.05) is 19.3 Å². The number of hydrogen-bond acceptors (Lipinski definition) is 6. The Bertz CT molecular complexity index is 532. The molecule has 0 radical (unpaired) electrons. The average Bonchev–Trinajstić information content (AvgIpc) is 3.08. The number of imidazole rings is 1. The summed E-state index contributed by atoms with van der Waals surface area (Å²) in [6.07, 6.45) is 7.28. The van der Waals surface area contributed by atoms with Gasteiger partial charge in [-0.15, -0.1) is 0 Å². The summed E-state index contributed by atoms with van der Waals surface area (Å²) >= 11 is 1.91. The number of aromatic nitrogens is 4. The number of thioether (sulfide) groups is 1. The Balaban J connectivity index is 1.75. The van der Waals surface area contributed by atoms with Crippen LogP contribution in [0.15, 0.2) is 17.0 Å². The molecule has 6 nitrogen and oxygen atoms in total. The molecule has 0 aliphatic carbocycles. The molecule has 0 aromatic carbocycles. The fourth-order valence-electron chi connectivity index (χ4n) is 2.16. The smallest absolute Gasteiger partial charge is 0.278 e. The molecule has 102 valence electrons. The molecule has 1 fully saturated rings. The number of nitrogens with zero attached hydrogens (tertiary/aromatic N) is 4. The molecule has 0 saturated carbocycles. The molecule has 0 bridgehead atoms. The van der Waals surface area contributed by atoms with Crippen molar-refractivity contribution in [1.82, 2.24) is 19.7 Å². The topological polar surface area (TPSA) is 82.8 Å². The summed E-state index contributed by atoms with van der Waals surface area (Å²) < 4.78 is 7.24. The normalized spacial score (nSPS) is 19.7. The van der Waals surface area contributed by atoms with E-state index in [1.54, 1.807) is 6.33 Å². The van der Waals surface area contributed by atoms with Gasteiger partial charge in [-0.05, 0) is 18.6 Å². The maximum absolute atomic E-state index is 5.51. The molecule has 0 amide bonds. The van der Waals surface area contributed by atoms with Gasteiger partial charge in [0.05, 0.1) is 11.6 Å². The molecular formula is C12H17N5OS. The van der Waals surface area contributed by atoms with Gasteiger partial charge in [-0.3, -0.25) is 0 Å². The number of hydrogen-bond donors (Lipinski definition) is 1. The number of rotatable bonds is 4. The maximum atomic E-state index is 5.51. The van der Waals surface area contributed by atoms with Gasteiger partial charge in [0.25, 0.3) is 5.89 Å². The summed E-state index contributed by atoms with van der Waals surface area (Å²) in [5.41, 5.74) is 6.22. The van der Waals surface area contributed by atoms with Crippen LogP contribution in [0.5, 0.6) is 0 Å². The van der Waals surface area contributed by atoms with E-state index in [2.05, 4.69) is 15.1 Å². The predicted molar refractivity (Wildman–Crippen MR) is 73.6 cm³/mol. The van der Waals surface area contributed by atoms with E-state index >= 15 is 0 Å². The van der Waals surface area contributed by atoms with Crippen LogP contribution in [-0.2, 0) is 6.54 Å². The van der Waals surface area contributed by atoms with Gasteiger partial charge in [0.1, 0.15) is 5.69 Å². The Morgan fingerprint density at radius 1 is 1.47 bits per heavy atom. The second kappa shape index (κ2) is 5.75. The molecule has 1 aliphatic heterocycles. The number of nitrogens with two attached hydrogens (primary N) is 1. The summed E-state index contributed by atoms with van der Waals surface area (Å²) in [7, 11) is 0. The summed E-state index contributed by atoms with van der Waals surface area (Å²) in [5, 5.41) is 4.46. The SMILES string of the molecule is NCCn1cnc(-c2nc(C3CCCCS3)no2)c1. The molecule has 1 unspecified atom stereocenters. The van der Waals surface area contributed by atoms with Crippen molar-refractivity contribution in [2.75, 3.05) is 12.3 Å². The van der Waals surface area contributed by atoms with Crippen molar-refractivity contribution in [2.45, 2.75) is 31.1 Å². The lowest BCUT2D eigenvalue weighted by Gasteiger charge is -2.17. The minimum Gasteiger partial charge on any atom is -0.335 e. The van der Waals surface area contributed by atoms with E-state index < -0.39 is 0 Å². The van der Waals surface area contributed by atoms with E-state index in [0.717, 1.165) is 18.8 Å². The highest BCUT2D eigenvalue weighted by Gasteiger charge is 2.22. The zero-order valence-electron chi connectivity index (χ0n) is 10.7. The van der Waals surface area contributed by atoms with E-state index in [-0.39, 0.29) is 0 Å². The van der Waals surface area contributed by atoms with Crippen LogP contribution in [0.2, 0.25) is 0 Å². The summed E-state index contributed by atoms with van der Waals surface area (Å²) in [4.78, 5) is 8.74. The summed E-state index contributed by atoms with van der Waals surface area (Å²) in [5.74, 6) is 2.48. The lowest BCUT2D eigenvalue weighted by Crippen LogP contribution is -2.07. The Labute approximate surface area is 115 Å². The second-order valence-corrected chi connectivity index (χ2v) is 5.91. The van der Waals surface area contributed by atoms with Gasteiger partial charge in [-0.2, -0.15) is 16.7 Å². The van der Waals surface area contributed by atoms with E-state index in [9.17, 15) is 0 Å². The first-order valence-corrected chi connectivity index (χ1v) is 7.59. The minimum atomic E-state index is 0.373. The third-order valence-corrected chi connectivity index (χ3v) is 4.52. The van der Waals surface area contributed by atoms with Crippen LogP contribution in [0, 0.1) is 0 Å². The molecule has 1 saturated heterocycles. The van der Waals surface area contributed by atoms with Crippen molar-refractivity contribution < 1.29 is 4.52 Å². The van der Waals surface area contributed by atoms with E-state index in [1.807, 2.05) is 22.5 Å². The largest absolute Gasteiger partial charge is 0.335 e. The molecule has 2 aromatic rings. The van der Waals surface area contributed by atoms with Crippen LogP contribution in [-0.4, -0.2) is 32.0 Å². The van der Waals surface area contributed by atoms with Gasteiger partial charge in [0.2, 0.25) is 0 Å². The van der Waals surface area contributed by atoms with Gasteiger partial charge >= 0.3 is 0 Å². The van der Waals surface area contributed by atoms with Crippen molar-refractivity contribution >= 4 is 11.8 Å². The quantitative estimate of drug-likeness (QED) is 0.919. The van der Waals surface area contributed by atoms with Crippen LogP contribution in [0.4, 0.5) is 0 Å². The minimum absolute atomic E-state index is 0.373. The Morgan fingerprint density at radius 3 is 3.21 bits per heavy atom. The maximum Gasteiger partial charge on any atom is 0.278 e. The first kappa shape index (κ1) is 12.7. The fourth-order valence-corrected chi connectivity index (χ4v) is 3.39. The Morgan fingerprint density at radius 2 is 2.42 bits per heavy atom. The lowest BCUT2D eigenvalue weighted by atomic mass is 10.2. The van der Waals surface area contributed by atoms with Gasteiger partial charge < -0.3 is 14.8 Å². The molecule has 7 heteroatoms. The Hall–Kier alpha value is -1.34. The average molecular weight is 279 g/mol. The highest BCUT2D eigenvalue weighted by atomic mass is 32.2. The van der Waals surface area contributed by atoms with Gasteiger partial charge in [-0.1, -0.05) is 11.6 Å². The highest BCUT2D eigenvalue weighted by molar-refractivity contribution is 7.99. The summed E-state index contributed by atoms with van der Waals surface area (Å²) in [6.45, 7) is 1.33. The molecular weight excluding hydrogens is 262 g/mol. The molecule has 3 heterocycles. The first-order valence-electron chi connectivity index (χ1n) is 6.54. The molecule has 3 rings (SSSR count). The van der Waals surface area contributed by atoms with Crippen molar-refractivity contribution in [3.63, 3.8) is 0 Å². The van der Waals surface area contributed by atoms with Crippen LogP contribution < -0.4 is 5.73 Å². The van der Waals surface area contributed by atoms with Crippen LogP contribution in [0.25, 0.3) is 11.6 Å². The molecule has 1 atom stereocenters. The van der Waals surface area contributed by atoms with Gasteiger partial charge in [-0.25, -0.2) is 4.98 Å². The monoisotopic (exact) mass is 279 g/mol. The standard InChI is InChI=1S/C12H17N5OS/c13-4-5-17-7-9(14-8-17)12-15-11(16-18-12)10-3-1-2-6-19-10/h7-8,10H,1-6,13H2. The lowest BCUT2D eigenvalue weighted by molar-refractivity contribution is 0.419. The molecule has 2 aromatic heterocycles. The fraction of sp³-hybridized carbons (Fsp3) is 0.583. The first-order chi connectivity index (χ1) is 9.36. The third kappa shape index (κ3) is 2.82. The van der Waals surface area contributed by atoms with Crippen molar-refractivity contribution in [2.24, 2.45) is 5.73 Å². The zero-order valence-corrected chi connectivity index (χ0v) is 11.5. The summed E-state index contributed by atoms with van der Waals surface area (Å²) in [6, 6.07) is 0. The highest BCUT2D eigenvalue weighted by Crippen LogP contribution is 2.37. The molecule has 2 N–H and O–H groups in total. The van der Waals surface area contributed by atoms with Crippen LogP contribution in [0.3, 0.4) is 0 Å². The van der Waals surface area contributed by atoms with E-state index in [0.29, 0.717) is 23.4 Å². The molecule has 0 spiro atoms. The van der Waals surface area contributed by atoms with Gasteiger partial charge in [0.15, 0.2) is 5.82 Å².